The predicted octanol–water partition coefficient (Wildman–Crippen LogP) is 5.26. The van der Waals surface area contributed by atoms with E-state index in [0.29, 0.717) is 0 Å². The summed E-state index contributed by atoms with van der Waals surface area (Å²) < 4.78 is 0. The van der Waals surface area contributed by atoms with E-state index in [9.17, 15) is 4.79 Å². The minimum Gasteiger partial charge on any atom is -0.481 e. The van der Waals surface area contributed by atoms with E-state index in [1.807, 2.05) is 0 Å². The average molecular weight is 280 g/mol. The van der Waals surface area contributed by atoms with Crippen molar-refractivity contribution in [3.05, 3.63) is 0 Å². The highest BCUT2D eigenvalue weighted by molar-refractivity contribution is 5.70. The van der Waals surface area contributed by atoms with Gasteiger partial charge in [0.2, 0.25) is 0 Å². The largest absolute Gasteiger partial charge is 0.481 e. The molecule has 0 aromatic carbocycles. The first kappa shape index (κ1) is 15.9. The van der Waals surface area contributed by atoms with Gasteiger partial charge >= 0.3 is 5.97 Å². The summed E-state index contributed by atoms with van der Waals surface area (Å²) >= 11 is 0. The maximum absolute atomic E-state index is 11.1. The molecule has 2 fully saturated rings. The van der Waals surface area contributed by atoms with Gasteiger partial charge in [-0.05, 0) is 49.9 Å². The third-order valence-corrected chi connectivity index (χ3v) is 5.79. The van der Waals surface area contributed by atoms with Crippen LogP contribution in [0.5, 0.6) is 0 Å². The zero-order valence-electron chi connectivity index (χ0n) is 13.2. The highest BCUT2D eigenvalue weighted by atomic mass is 16.4. The van der Waals surface area contributed by atoms with Gasteiger partial charge in [0.15, 0.2) is 0 Å². The van der Waals surface area contributed by atoms with Crippen molar-refractivity contribution in [3.63, 3.8) is 0 Å². The van der Waals surface area contributed by atoms with Crippen LogP contribution in [0.25, 0.3) is 0 Å². The molecular formula is C18H32O2. The van der Waals surface area contributed by atoms with Crippen LogP contribution < -0.4 is 0 Å². The summed E-state index contributed by atoms with van der Waals surface area (Å²) in [5, 5.41) is 9.17. The van der Waals surface area contributed by atoms with Crippen LogP contribution in [0.1, 0.15) is 84.0 Å². The van der Waals surface area contributed by atoms with E-state index in [0.717, 1.165) is 30.6 Å². The van der Waals surface area contributed by atoms with Crippen molar-refractivity contribution < 1.29 is 9.90 Å². The van der Waals surface area contributed by atoms with Crippen LogP contribution in [0.3, 0.4) is 0 Å². The van der Waals surface area contributed by atoms with Gasteiger partial charge in [0.25, 0.3) is 0 Å². The van der Waals surface area contributed by atoms with Gasteiger partial charge in [0.1, 0.15) is 0 Å². The van der Waals surface area contributed by atoms with E-state index < -0.39 is 5.97 Å². The highest BCUT2D eigenvalue weighted by Crippen LogP contribution is 2.45. The van der Waals surface area contributed by atoms with Gasteiger partial charge in [0, 0.05) is 0 Å². The maximum atomic E-state index is 11.1. The Morgan fingerprint density at radius 1 is 0.950 bits per heavy atom. The smallest absolute Gasteiger partial charge is 0.306 e. The van der Waals surface area contributed by atoms with Crippen molar-refractivity contribution in [1.29, 1.82) is 0 Å². The quantitative estimate of drug-likeness (QED) is 0.645. The summed E-state index contributed by atoms with van der Waals surface area (Å²) in [6, 6.07) is 0. The summed E-state index contributed by atoms with van der Waals surface area (Å²) in [5.41, 5.74) is 0. The Hall–Kier alpha value is -0.530. The molecule has 2 aliphatic rings. The number of unbranched alkanes of at least 4 members (excludes halogenated alkanes) is 4. The number of carbonyl (C=O) groups is 1. The van der Waals surface area contributed by atoms with Crippen molar-refractivity contribution >= 4 is 5.97 Å². The summed E-state index contributed by atoms with van der Waals surface area (Å²) in [7, 11) is 0. The Morgan fingerprint density at radius 2 is 1.65 bits per heavy atom. The Labute approximate surface area is 124 Å². The first-order valence-corrected chi connectivity index (χ1v) is 8.93. The van der Waals surface area contributed by atoms with Gasteiger partial charge in [-0.2, -0.15) is 0 Å². The zero-order valence-corrected chi connectivity index (χ0v) is 13.2. The van der Waals surface area contributed by atoms with E-state index in [-0.39, 0.29) is 5.92 Å². The lowest BCUT2D eigenvalue weighted by Gasteiger charge is -2.41. The van der Waals surface area contributed by atoms with Crippen LogP contribution in [-0.4, -0.2) is 11.1 Å². The molecule has 2 aliphatic carbocycles. The molecule has 0 aromatic heterocycles. The minimum absolute atomic E-state index is 0.0400. The van der Waals surface area contributed by atoms with Crippen LogP contribution >= 0.6 is 0 Å². The van der Waals surface area contributed by atoms with Crippen molar-refractivity contribution in [1.82, 2.24) is 0 Å². The molecule has 2 nitrogen and oxygen atoms in total. The molecule has 0 heterocycles. The molecule has 2 heteroatoms. The SMILES string of the molecule is CCCCCCCC1CCC2CC(C(=O)O)CCC2C1. The number of carboxylic acids is 1. The van der Waals surface area contributed by atoms with Crippen LogP contribution in [-0.2, 0) is 4.79 Å². The Morgan fingerprint density at radius 3 is 2.40 bits per heavy atom. The van der Waals surface area contributed by atoms with E-state index >= 15 is 0 Å². The maximum Gasteiger partial charge on any atom is 0.306 e. The number of fused-ring (bicyclic) bond motifs is 1. The lowest BCUT2D eigenvalue weighted by molar-refractivity contribution is -0.144. The molecule has 0 aromatic rings. The standard InChI is InChI=1S/C18H32O2/c1-2-3-4-5-6-7-14-8-9-16-13-17(18(19)20)11-10-15(16)12-14/h14-17H,2-13H2,1H3,(H,19,20). The number of aliphatic carboxylic acids is 1. The third-order valence-electron chi connectivity index (χ3n) is 5.79. The number of hydrogen-bond acceptors (Lipinski definition) is 1. The summed E-state index contributed by atoms with van der Waals surface area (Å²) in [6.07, 6.45) is 15.5. The van der Waals surface area contributed by atoms with Crippen LogP contribution in [0.4, 0.5) is 0 Å². The molecule has 0 saturated heterocycles. The lowest BCUT2D eigenvalue weighted by Crippen LogP contribution is -2.33. The molecule has 0 spiro atoms. The van der Waals surface area contributed by atoms with Gasteiger partial charge in [-0.3, -0.25) is 4.79 Å². The molecule has 4 atom stereocenters. The van der Waals surface area contributed by atoms with Gasteiger partial charge in [-0.25, -0.2) is 0 Å². The van der Waals surface area contributed by atoms with E-state index in [4.69, 9.17) is 5.11 Å². The minimum atomic E-state index is -0.554. The normalized spacial score (nSPS) is 33.6. The molecule has 0 aliphatic heterocycles. The van der Waals surface area contributed by atoms with Crippen molar-refractivity contribution in [2.45, 2.75) is 84.0 Å². The van der Waals surface area contributed by atoms with Crippen LogP contribution in [0.15, 0.2) is 0 Å². The molecule has 4 unspecified atom stereocenters. The predicted molar refractivity (Wildman–Crippen MR) is 82.7 cm³/mol. The molecule has 0 radical (unpaired) electrons. The fraction of sp³-hybridized carbons (Fsp3) is 0.944. The monoisotopic (exact) mass is 280 g/mol. The van der Waals surface area contributed by atoms with Crippen molar-refractivity contribution in [2.24, 2.45) is 23.7 Å². The second kappa shape index (κ2) is 8.05. The number of hydrogen-bond donors (Lipinski definition) is 1. The molecule has 20 heavy (non-hydrogen) atoms. The number of rotatable bonds is 7. The topological polar surface area (TPSA) is 37.3 Å². The fourth-order valence-corrected chi connectivity index (χ4v) is 4.51. The van der Waals surface area contributed by atoms with Crippen LogP contribution in [0.2, 0.25) is 0 Å². The molecule has 1 N–H and O–H groups in total. The van der Waals surface area contributed by atoms with E-state index in [2.05, 4.69) is 6.92 Å². The number of carboxylic acid groups (broad SMARTS) is 1. The zero-order chi connectivity index (χ0) is 14.4. The second-order valence-corrected chi connectivity index (χ2v) is 7.25. The Kier molecular flexibility index (Phi) is 6.38. The molecule has 0 bridgehead atoms. The summed E-state index contributed by atoms with van der Waals surface area (Å²) in [4.78, 5) is 11.1. The molecule has 0 amide bonds. The highest BCUT2D eigenvalue weighted by Gasteiger charge is 2.37. The summed E-state index contributed by atoms with van der Waals surface area (Å²) in [6.45, 7) is 2.27. The summed E-state index contributed by atoms with van der Waals surface area (Å²) in [5.74, 6) is 1.92. The van der Waals surface area contributed by atoms with E-state index in [1.165, 1.54) is 64.2 Å². The molecule has 116 valence electrons. The molecule has 2 saturated carbocycles. The average Bonchev–Trinajstić information content (AvgIpc) is 2.46. The first-order valence-electron chi connectivity index (χ1n) is 8.93. The van der Waals surface area contributed by atoms with Gasteiger partial charge in [-0.15, -0.1) is 0 Å². The van der Waals surface area contributed by atoms with Crippen LogP contribution in [0, 0.1) is 23.7 Å². The lowest BCUT2D eigenvalue weighted by atomic mass is 9.64. The van der Waals surface area contributed by atoms with Crippen molar-refractivity contribution in [3.8, 4) is 0 Å². The van der Waals surface area contributed by atoms with Gasteiger partial charge in [0.05, 0.1) is 5.92 Å². The fourth-order valence-electron chi connectivity index (χ4n) is 4.51. The Bertz CT molecular complexity index is 300. The first-order chi connectivity index (χ1) is 9.70. The Balaban J connectivity index is 1.66. The van der Waals surface area contributed by atoms with Gasteiger partial charge < -0.3 is 5.11 Å². The molecule has 2 rings (SSSR count). The second-order valence-electron chi connectivity index (χ2n) is 7.25. The van der Waals surface area contributed by atoms with E-state index in [1.54, 1.807) is 0 Å². The van der Waals surface area contributed by atoms with Crippen molar-refractivity contribution in [2.75, 3.05) is 0 Å². The third kappa shape index (κ3) is 4.49. The van der Waals surface area contributed by atoms with Gasteiger partial charge in [-0.1, -0.05) is 51.9 Å². The molecular weight excluding hydrogens is 248 g/mol.